The van der Waals surface area contributed by atoms with Crippen molar-refractivity contribution in [3.63, 3.8) is 0 Å². The van der Waals surface area contributed by atoms with Crippen molar-refractivity contribution in [1.29, 1.82) is 0 Å². The van der Waals surface area contributed by atoms with E-state index >= 15 is 0 Å². The smallest absolute Gasteiger partial charge is 0.0547 e. The second kappa shape index (κ2) is 8.45. The summed E-state index contributed by atoms with van der Waals surface area (Å²) in [6.07, 6.45) is 19.0. The van der Waals surface area contributed by atoms with Gasteiger partial charge in [0.25, 0.3) is 0 Å². The zero-order chi connectivity index (χ0) is 20.8. The third-order valence-electron chi connectivity index (χ3n) is 11.3. The van der Waals surface area contributed by atoms with Gasteiger partial charge in [0.05, 0.1) is 6.17 Å². The van der Waals surface area contributed by atoms with E-state index in [2.05, 4.69) is 27.7 Å². The molecule has 168 valence electrons. The van der Waals surface area contributed by atoms with Crippen LogP contribution in [-0.2, 0) is 0 Å². The molecule has 0 aromatic heterocycles. The van der Waals surface area contributed by atoms with Crippen molar-refractivity contribution < 1.29 is 0 Å². The quantitative estimate of drug-likeness (QED) is 0.484. The summed E-state index contributed by atoms with van der Waals surface area (Å²) in [7, 11) is 0. The molecule has 0 spiro atoms. The normalized spacial score (nSPS) is 46.7. The van der Waals surface area contributed by atoms with E-state index in [1.54, 1.807) is 12.8 Å². The van der Waals surface area contributed by atoms with Crippen molar-refractivity contribution in [1.82, 2.24) is 0 Å². The van der Waals surface area contributed by atoms with Gasteiger partial charge in [-0.3, -0.25) is 0 Å². The van der Waals surface area contributed by atoms with Crippen molar-refractivity contribution in [2.75, 3.05) is 0 Å². The van der Waals surface area contributed by atoms with Crippen LogP contribution in [0.15, 0.2) is 0 Å². The standard InChI is InChI=1S/C27H50N2/c1-18(8-7-9-19(2)25(28)29)22-13-14-23-21-12-11-20-10-5-6-16-26(20,3)24(21)15-17-27(22,23)4/h18-25H,5-17,28-29H2,1-4H3/t18-,19?,20?,21+,22-,23+,24+,26+,27-/m1/s1. The maximum atomic E-state index is 5.88. The van der Waals surface area contributed by atoms with Gasteiger partial charge >= 0.3 is 0 Å². The Labute approximate surface area is 181 Å². The van der Waals surface area contributed by atoms with Crippen molar-refractivity contribution >= 4 is 0 Å². The molecule has 4 aliphatic rings. The van der Waals surface area contributed by atoms with E-state index in [9.17, 15) is 0 Å². The van der Waals surface area contributed by atoms with Gasteiger partial charge in [-0.15, -0.1) is 0 Å². The average molecular weight is 403 g/mol. The van der Waals surface area contributed by atoms with E-state index in [1.165, 1.54) is 70.6 Å². The van der Waals surface area contributed by atoms with Crippen molar-refractivity contribution in [3.05, 3.63) is 0 Å². The third kappa shape index (κ3) is 3.84. The van der Waals surface area contributed by atoms with E-state index in [-0.39, 0.29) is 6.17 Å². The molecular weight excluding hydrogens is 352 g/mol. The lowest BCUT2D eigenvalue weighted by atomic mass is 9.44. The highest BCUT2D eigenvalue weighted by atomic mass is 14.9. The predicted octanol–water partition coefficient (Wildman–Crippen LogP) is 6.72. The predicted molar refractivity (Wildman–Crippen MR) is 124 cm³/mol. The molecule has 4 aliphatic carbocycles. The summed E-state index contributed by atoms with van der Waals surface area (Å²) in [4.78, 5) is 0. The molecule has 0 aliphatic heterocycles. The van der Waals surface area contributed by atoms with Crippen LogP contribution in [0, 0.1) is 52.3 Å². The van der Waals surface area contributed by atoms with Gasteiger partial charge in [0, 0.05) is 0 Å². The maximum absolute atomic E-state index is 5.88. The molecule has 0 heterocycles. The Morgan fingerprint density at radius 2 is 1.55 bits per heavy atom. The van der Waals surface area contributed by atoms with Gasteiger partial charge in [-0.05, 0) is 110 Å². The third-order valence-corrected chi connectivity index (χ3v) is 11.3. The number of fused-ring (bicyclic) bond motifs is 5. The molecule has 0 aromatic carbocycles. The first kappa shape index (κ1) is 22.1. The summed E-state index contributed by atoms with van der Waals surface area (Å²) in [6.45, 7) is 10.2. The summed E-state index contributed by atoms with van der Waals surface area (Å²) in [6, 6.07) is 0. The molecule has 4 saturated carbocycles. The van der Waals surface area contributed by atoms with Gasteiger partial charge in [0.2, 0.25) is 0 Å². The lowest BCUT2D eigenvalue weighted by Gasteiger charge is -2.61. The molecule has 4 rings (SSSR count). The molecule has 0 saturated heterocycles. The van der Waals surface area contributed by atoms with Crippen LogP contribution < -0.4 is 11.5 Å². The van der Waals surface area contributed by atoms with Crippen molar-refractivity contribution in [2.45, 2.75) is 117 Å². The molecule has 4 N–H and O–H groups in total. The van der Waals surface area contributed by atoms with Crippen LogP contribution in [-0.4, -0.2) is 6.17 Å². The fourth-order valence-electron chi connectivity index (χ4n) is 9.43. The van der Waals surface area contributed by atoms with Gasteiger partial charge < -0.3 is 11.5 Å². The Hall–Kier alpha value is -0.0800. The minimum absolute atomic E-state index is 0.148. The zero-order valence-electron chi connectivity index (χ0n) is 20.0. The highest BCUT2D eigenvalue weighted by Gasteiger charge is 2.59. The van der Waals surface area contributed by atoms with Crippen LogP contribution in [0.3, 0.4) is 0 Å². The Kier molecular flexibility index (Phi) is 6.45. The lowest BCUT2D eigenvalue weighted by Crippen LogP contribution is -2.53. The topological polar surface area (TPSA) is 52.0 Å². The summed E-state index contributed by atoms with van der Waals surface area (Å²) in [5.74, 6) is 6.42. The maximum Gasteiger partial charge on any atom is 0.0547 e. The number of nitrogens with two attached hydrogens (primary N) is 2. The van der Waals surface area contributed by atoms with E-state index in [0.717, 1.165) is 35.5 Å². The molecule has 2 nitrogen and oxygen atoms in total. The van der Waals surface area contributed by atoms with Gasteiger partial charge in [-0.25, -0.2) is 0 Å². The first-order chi connectivity index (χ1) is 13.8. The van der Waals surface area contributed by atoms with Crippen LogP contribution in [0.2, 0.25) is 0 Å². The van der Waals surface area contributed by atoms with E-state index < -0.39 is 0 Å². The van der Waals surface area contributed by atoms with Crippen LogP contribution in [0.4, 0.5) is 0 Å². The molecule has 0 radical (unpaired) electrons. The summed E-state index contributed by atoms with van der Waals surface area (Å²) in [5.41, 5.74) is 13.1. The molecular formula is C27H50N2. The molecule has 9 atom stereocenters. The summed E-state index contributed by atoms with van der Waals surface area (Å²) in [5, 5.41) is 0. The highest BCUT2D eigenvalue weighted by molar-refractivity contribution is 5.09. The van der Waals surface area contributed by atoms with Crippen LogP contribution in [0.5, 0.6) is 0 Å². The molecule has 2 heteroatoms. The average Bonchev–Trinajstić information content (AvgIpc) is 3.04. The fraction of sp³-hybridized carbons (Fsp3) is 1.00. The monoisotopic (exact) mass is 402 g/mol. The number of hydrogen-bond acceptors (Lipinski definition) is 2. The first-order valence-electron chi connectivity index (χ1n) is 13.3. The lowest BCUT2D eigenvalue weighted by molar-refractivity contribution is -0.114. The van der Waals surface area contributed by atoms with Crippen LogP contribution in [0.25, 0.3) is 0 Å². The van der Waals surface area contributed by atoms with E-state index in [1.807, 2.05) is 0 Å². The van der Waals surface area contributed by atoms with E-state index in [4.69, 9.17) is 11.5 Å². The van der Waals surface area contributed by atoms with Gasteiger partial charge in [-0.1, -0.05) is 53.4 Å². The fourth-order valence-corrected chi connectivity index (χ4v) is 9.43. The second-order valence-electron chi connectivity index (χ2n) is 12.6. The molecule has 0 amide bonds. The Morgan fingerprint density at radius 1 is 0.793 bits per heavy atom. The van der Waals surface area contributed by atoms with Crippen molar-refractivity contribution in [2.24, 2.45) is 63.7 Å². The largest absolute Gasteiger partial charge is 0.316 e. The Balaban J connectivity index is 1.41. The van der Waals surface area contributed by atoms with Gasteiger partial charge in [0.1, 0.15) is 0 Å². The van der Waals surface area contributed by atoms with Crippen LogP contribution >= 0.6 is 0 Å². The molecule has 0 aromatic rings. The molecule has 4 fully saturated rings. The van der Waals surface area contributed by atoms with E-state index in [0.29, 0.717) is 16.7 Å². The zero-order valence-corrected chi connectivity index (χ0v) is 20.0. The second-order valence-corrected chi connectivity index (χ2v) is 12.6. The van der Waals surface area contributed by atoms with Gasteiger partial charge in [-0.2, -0.15) is 0 Å². The Bertz CT molecular complexity index is 559. The summed E-state index contributed by atoms with van der Waals surface area (Å²) < 4.78 is 0. The van der Waals surface area contributed by atoms with Gasteiger partial charge in [0.15, 0.2) is 0 Å². The molecule has 2 unspecified atom stereocenters. The SMILES string of the molecule is CC(CCC[C@@H](C)[C@H]1CC[C@H]2[C@@H]3CCC4CCCC[C@]4(C)[C@H]3CC[C@]12C)C(N)N. The highest BCUT2D eigenvalue weighted by Crippen LogP contribution is 2.68. The Morgan fingerprint density at radius 3 is 2.31 bits per heavy atom. The number of hydrogen-bond donors (Lipinski definition) is 2. The minimum Gasteiger partial charge on any atom is -0.316 e. The first-order valence-corrected chi connectivity index (χ1v) is 13.3. The molecule has 29 heavy (non-hydrogen) atoms. The van der Waals surface area contributed by atoms with Crippen LogP contribution in [0.1, 0.15) is 111 Å². The number of rotatable bonds is 6. The minimum atomic E-state index is -0.148. The van der Waals surface area contributed by atoms with Crippen molar-refractivity contribution in [3.8, 4) is 0 Å². The summed E-state index contributed by atoms with van der Waals surface area (Å²) >= 11 is 0. The molecule has 0 bridgehead atoms.